The molecule has 1 aromatic heterocycles. The molecule has 0 fully saturated rings. The van der Waals surface area contributed by atoms with Gasteiger partial charge in [0, 0.05) is 20.4 Å². The van der Waals surface area contributed by atoms with Gasteiger partial charge in [0.1, 0.15) is 4.88 Å². The van der Waals surface area contributed by atoms with E-state index in [-0.39, 0.29) is 0 Å². The molecule has 0 aliphatic carbocycles. The van der Waals surface area contributed by atoms with E-state index in [2.05, 4.69) is 5.32 Å². The van der Waals surface area contributed by atoms with Gasteiger partial charge < -0.3 is 10.1 Å². The summed E-state index contributed by atoms with van der Waals surface area (Å²) in [5, 5.41) is 4.35. The van der Waals surface area contributed by atoms with Crippen molar-refractivity contribution in [2.75, 3.05) is 11.9 Å². The lowest BCUT2D eigenvalue weighted by Gasteiger charge is -2.07. The van der Waals surface area contributed by atoms with Gasteiger partial charge in [0.15, 0.2) is 6.61 Å². The summed E-state index contributed by atoms with van der Waals surface area (Å²) in [5.74, 6) is -1.00. The van der Waals surface area contributed by atoms with Crippen molar-refractivity contribution in [2.45, 2.75) is 0 Å². The number of hydrogen-bond donors (Lipinski definition) is 1. The van der Waals surface area contributed by atoms with Gasteiger partial charge in [-0.1, -0.05) is 41.4 Å². The standard InChI is InChI=1S/C17H11Cl2NO3S/c18-11-6-12(19)8-13(7-11)20-16(21)9-23-17(22)15-5-10-3-1-2-4-14(10)24-15/h1-8H,9H2,(H,20,21). The Morgan fingerprint density at radius 3 is 2.46 bits per heavy atom. The van der Waals surface area contributed by atoms with E-state index in [9.17, 15) is 9.59 Å². The van der Waals surface area contributed by atoms with Crippen LogP contribution in [0.25, 0.3) is 10.1 Å². The van der Waals surface area contributed by atoms with E-state index in [0.717, 1.165) is 10.1 Å². The molecule has 0 spiro atoms. The number of rotatable bonds is 4. The zero-order chi connectivity index (χ0) is 17.1. The Morgan fingerprint density at radius 1 is 1.04 bits per heavy atom. The molecule has 1 heterocycles. The van der Waals surface area contributed by atoms with Gasteiger partial charge in [-0.05, 0) is 35.7 Å². The minimum atomic E-state index is -0.532. The number of nitrogens with one attached hydrogen (secondary N) is 1. The molecule has 0 radical (unpaired) electrons. The third-order valence-corrected chi connectivity index (χ3v) is 4.64. The Hall–Kier alpha value is -2.08. The van der Waals surface area contributed by atoms with Crippen molar-refractivity contribution in [3.05, 3.63) is 63.5 Å². The summed E-state index contributed by atoms with van der Waals surface area (Å²) in [4.78, 5) is 24.4. The van der Waals surface area contributed by atoms with Crippen molar-refractivity contribution < 1.29 is 14.3 Å². The second-order valence-electron chi connectivity index (χ2n) is 4.93. The number of hydrogen-bond acceptors (Lipinski definition) is 4. The first-order valence-corrected chi connectivity index (χ1v) is 8.50. The van der Waals surface area contributed by atoms with Gasteiger partial charge in [-0.25, -0.2) is 4.79 Å². The molecular weight excluding hydrogens is 369 g/mol. The average Bonchev–Trinajstić information content (AvgIpc) is 2.95. The molecule has 7 heteroatoms. The van der Waals surface area contributed by atoms with Crippen LogP contribution in [0.4, 0.5) is 5.69 Å². The summed E-state index contributed by atoms with van der Waals surface area (Å²) in [6.07, 6.45) is 0. The Balaban J connectivity index is 1.60. The van der Waals surface area contributed by atoms with Crippen LogP contribution in [0.5, 0.6) is 0 Å². The molecule has 122 valence electrons. The van der Waals surface area contributed by atoms with Crippen LogP contribution in [0.15, 0.2) is 48.5 Å². The molecule has 0 aliphatic heterocycles. The third-order valence-electron chi connectivity index (χ3n) is 3.11. The van der Waals surface area contributed by atoms with Crippen LogP contribution in [0.3, 0.4) is 0 Å². The maximum atomic E-state index is 12.0. The summed E-state index contributed by atoms with van der Waals surface area (Å²) in [5.41, 5.74) is 0.440. The van der Waals surface area contributed by atoms with Crippen molar-refractivity contribution in [1.29, 1.82) is 0 Å². The van der Waals surface area contributed by atoms with Gasteiger partial charge in [-0.3, -0.25) is 4.79 Å². The maximum absolute atomic E-state index is 12.0. The minimum Gasteiger partial charge on any atom is -0.451 e. The topological polar surface area (TPSA) is 55.4 Å². The highest BCUT2D eigenvalue weighted by Crippen LogP contribution is 2.26. The fraction of sp³-hybridized carbons (Fsp3) is 0.0588. The molecule has 24 heavy (non-hydrogen) atoms. The third kappa shape index (κ3) is 4.06. The number of amides is 1. The van der Waals surface area contributed by atoms with Crippen LogP contribution in [-0.2, 0) is 9.53 Å². The Bertz CT molecular complexity index is 870. The fourth-order valence-corrected chi connectivity index (χ4v) is 3.59. The first-order valence-electron chi connectivity index (χ1n) is 6.93. The predicted molar refractivity (Wildman–Crippen MR) is 97.2 cm³/mol. The number of esters is 1. The molecule has 0 unspecified atom stereocenters. The van der Waals surface area contributed by atoms with Crippen molar-refractivity contribution in [3.63, 3.8) is 0 Å². The number of anilines is 1. The second-order valence-corrected chi connectivity index (χ2v) is 6.89. The van der Waals surface area contributed by atoms with Crippen LogP contribution in [0, 0.1) is 0 Å². The zero-order valence-corrected chi connectivity index (χ0v) is 14.5. The molecule has 4 nitrogen and oxygen atoms in total. The number of thiophene rings is 1. The predicted octanol–water partition coefficient (Wildman–Crippen LogP) is 5.00. The molecule has 0 saturated carbocycles. The van der Waals surface area contributed by atoms with Crippen molar-refractivity contribution >= 4 is 62.2 Å². The van der Waals surface area contributed by atoms with Crippen LogP contribution < -0.4 is 5.32 Å². The number of benzene rings is 2. The molecular formula is C17H11Cl2NO3S. The second kappa shape index (κ2) is 7.21. The van der Waals surface area contributed by atoms with E-state index in [0.29, 0.717) is 20.6 Å². The number of carbonyl (C=O) groups is 2. The van der Waals surface area contributed by atoms with Gasteiger partial charge in [0.05, 0.1) is 0 Å². The van der Waals surface area contributed by atoms with Crippen LogP contribution in [0.1, 0.15) is 9.67 Å². The smallest absolute Gasteiger partial charge is 0.348 e. The van der Waals surface area contributed by atoms with Crippen molar-refractivity contribution in [2.24, 2.45) is 0 Å². The van der Waals surface area contributed by atoms with E-state index >= 15 is 0 Å². The largest absolute Gasteiger partial charge is 0.451 e. The van der Waals surface area contributed by atoms with Gasteiger partial charge in [0.25, 0.3) is 5.91 Å². The molecule has 1 N–H and O–H groups in total. The molecule has 1 amide bonds. The average molecular weight is 380 g/mol. The lowest BCUT2D eigenvalue weighted by Crippen LogP contribution is -2.20. The zero-order valence-electron chi connectivity index (χ0n) is 12.2. The Labute approximate surface area is 151 Å². The first kappa shape index (κ1) is 16.8. The monoisotopic (exact) mass is 379 g/mol. The maximum Gasteiger partial charge on any atom is 0.348 e. The van der Waals surface area contributed by atoms with Gasteiger partial charge in [-0.2, -0.15) is 0 Å². The van der Waals surface area contributed by atoms with E-state index in [4.69, 9.17) is 27.9 Å². The van der Waals surface area contributed by atoms with Crippen molar-refractivity contribution in [1.82, 2.24) is 0 Å². The molecule has 3 aromatic rings. The number of carbonyl (C=O) groups excluding carboxylic acids is 2. The highest BCUT2D eigenvalue weighted by molar-refractivity contribution is 7.20. The molecule has 0 aliphatic rings. The van der Waals surface area contributed by atoms with E-state index in [1.165, 1.54) is 11.3 Å². The normalized spacial score (nSPS) is 10.6. The highest BCUT2D eigenvalue weighted by atomic mass is 35.5. The Morgan fingerprint density at radius 2 is 1.75 bits per heavy atom. The van der Waals surface area contributed by atoms with E-state index in [1.54, 1.807) is 24.3 Å². The lowest BCUT2D eigenvalue weighted by atomic mass is 10.2. The fourth-order valence-electron chi connectivity index (χ4n) is 2.11. The van der Waals surface area contributed by atoms with Gasteiger partial charge in [0.2, 0.25) is 0 Å². The first-order chi connectivity index (χ1) is 11.5. The van der Waals surface area contributed by atoms with Crippen LogP contribution in [-0.4, -0.2) is 18.5 Å². The highest BCUT2D eigenvalue weighted by Gasteiger charge is 2.14. The van der Waals surface area contributed by atoms with Crippen molar-refractivity contribution in [3.8, 4) is 0 Å². The molecule has 2 aromatic carbocycles. The Kier molecular flexibility index (Phi) is 5.04. The molecule has 0 bridgehead atoms. The van der Waals surface area contributed by atoms with Crippen LogP contribution >= 0.6 is 34.5 Å². The number of fused-ring (bicyclic) bond motifs is 1. The summed E-state index contributed by atoms with van der Waals surface area (Å²) < 4.78 is 6.03. The minimum absolute atomic E-state index is 0.392. The number of halogens is 2. The number of ether oxygens (including phenoxy) is 1. The summed E-state index contributed by atoms with van der Waals surface area (Å²) >= 11 is 13.0. The SMILES string of the molecule is O=C(COC(=O)c1cc2ccccc2s1)Nc1cc(Cl)cc(Cl)c1. The summed E-state index contributed by atoms with van der Waals surface area (Å²) in [6.45, 7) is -0.392. The van der Waals surface area contributed by atoms with E-state index in [1.807, 2.05) is 24.3 Å². The molecule has 3 rings (SSSR count). The van der Waals surface area contributed by atoms with Gasteiger partial charge >= 0.3 is 5.97 Å². The quantitative estimate of drug-likeness (QED) is 0.648. The molecule has 0 atom stereocenters. The van der Waals surface area contributed by atoms with E-state index < -0.39 is 18.5 Å². The van der Waals surface area contributed by atoms with Gasteiger partial charge in [-0.15, -0.1) is 11.3 Å². The molecule has 0 saturated heterocycles. The summed E-state index contributed by atoms with van der Waals surface area (Å²) in [7, 11) is 0. The van der Waals surface area contributed by atoms with Crippen LogP contribution in [0.2, 0.25) is 10.0 Å². The summed E-state index contributed by atoms with van der Waals surface area (Å²) in [6, 6.07) is 14.0. The lowest BCUT2D eigenvalue weighted by molar-refractivity contribution is -0.119.